The number of amides is 2. The molecule has 2 fully saturated rings. The third-order valence-corrected chi connectivity index (χ3v) is 4.66. The Kier molecular flexibility index (Phi) is 4.96. The zero-order chi connectivity index (χ0) is 16.2. The third kappa shape index (κ3) is 4.55. The molecule has 5 nitrogen and oxygen atoms in total. The molecule has 2 amide bonds. The Morgan fingerprint density at radius 1 is 1.17 bits per heavy atom. The van der Waals surface area contributed by atoms with Gasteiger partial charge in [0, 0.05) is 23.3 Å². The monoisotopic (exact) mass is 315 g/mol. The van der Waals surface area contributed by atoms with E-state index >= 15 is 0 Å². The summed E-state index contributed by atoms with van der Waals surface area (Å²) in [5.74, 6) is -0.0918. The quantitative estimate of drug-likeness (QED) is 0.847. The van der Waals surface area contributed by atoms with Crippen LogP contribution in [0.3, 0.4) is 0 Å². The van der Waals surface area contributed by atoms with Gasteiger partial charge in [0.05, 0.1) is 6.54 Å². The van der Waals surface area contributed by atoms with Gasteiger partial charge in [-0.05, 0) is 50.9 Å². The summed E-state index contributed by atoms with van der Waals surface area (Å²) in [6.45, 7) is 0.392. The van der Waals surface area contributed by atoms with Crippen molar-refractivity contribution < 1.29 is 9.59 Å². The fourth-order valence-corrected chi connectivity index (χ4v) is 3.14. The maximum absolute atomic E-state index is 12.2. The Morgan fingerprint density at radius 3 is 2.61 bits per heavy atom. The van der Waals surface area contributed by atoms with Crippen molar-refractivity contribution in [3.63, 3.8) is 0 Å². The van der Waals surface area contributed by atoms with Crippen molar-refractivity contribution in [3.05, 3.63) is 29.8 Å². The first-order valence-corrected chi connectivity index (χ1v) is 8.53. The van der Waals surface area contributed by atoms with Gasteiger partial charge in [0.25, 0.3) is 5.91 Å². The van der Waals surface area contributed by atoms with Crippen LogP contribution in [0, 0.1) is 0 Å². The van der Waals surface area contributed by atoms with Gasteiger partial charge >= 0.3 is 0 Å². The van der Waals surface area contributed by atoms with Gasteiger partial charge in [-0.1, -0.05) is 18.9 Å². The molecule has 0 unspecified atom stereocenters. The van der Waals surface area contributed by atoms with Gasteiger partial charge in [0.15, 0.2) is 0 Å². The van der Waals surface area contributed by atoms with E-state index in [1.165, 1.54) is 25.7 Å². The van der Waals surface area contributed by atoms with Crippen molar-refractivity contribution >= 4 is 17.5 Å². The van der Waals surface area contributed by atoms with Crippen LogP contribution in [0.5, 0.6) is 0 Å². The predicted molar refractivity (Wildman–Crippen MR) is 90.4 cm³/mol. The number of rotatable bonds is 6. The minimum Gasteiger partial charge on any atom is -0.349 e. The summed E-state index contributed by atoms with van der Waals surface area (Å²) in [5.41, 5.74) is 1.28. The third-order valence-electron chi connectivity index (χ3n) is 4.66. The molecule has 2 aliphatic rings. The van der Waals surface area contributed by atoms with E-state index in [2.05, 4.69) is 15.5 Å². The van der Waals surface area contributed by atoms with Crippen LogP contribution >= 0.6 is 0 Å². The molecule has 23 heavy (non-hydrogen) atoms. The SMILES string of the molecule is CN(CC(=O)Nc1cccc(C(=O)NC2CC2)c1)C1CCCC1. The van der Waals surface area contributed by atoms with Gasteiger partial charge in [-0.3, -0.25) is 14.5 Å². The Balaban J connectivity index is 1.54. The number of hydrogen-bond donors (Lipinski definition) is 2. The highest BCUT2D eigenvalue weighted by molar-refractivity contribution is 5.97. The van der Waals surface area contributed by atoms with Gasteiger partial charge in [0.1, 0.15) is 0 Å². The van der Waals surface area contributed by atoms with E-state index in [4.69, 9.17) is 0 Å². The maximum Gasteiger partial charge on any atom is 0.251 e. The second-order valence-electron chi connectivity index (χ2n) is 6.73. The van der Waals surface area contributed by atoms with Crippen LogP contribution < -0.4 is 10.6 Å². The second kappa shape index (κ2) is 7.13. The average Bonchev–Trinajstić information content (AvgIpc) is 3.16. The molecule has 0 aliphatic heterocycles. The predicted octanol–water partition coefficient (Wildman–Crippen LogP) is 2.39. The number of nitrogens with one attached hydrogen (secondary N) is 2. The van der Waals surface area contributed by atoms with E-state index in [-0.39, 0.29) is 11.8 Å². The number of carbonyl (C=O) groups is 2. The summed E-state index contributed by atoms with van der Waals surface area (Å²) >= 11 is 0. The molecule has 0 radical (unpaired) electrons. The summed E-state index contributed by atoms with van der Waals surface area (Å²) in [5, 5.41) is 5.86. The number of nitrogens with zero attached hydrogens (tertiary/aromatic N) is 1. The molecule has 2 aliphatic carbocycles. The number of hydrogen-bond acceptors (Lipinski definition) is 3. The molecule has 0 atom stereocenters. The fourth-order valence-electron chi connectivity index (χ4n) is 3.14. The molecule has 0 heterocycles. The lowest BCUT2D eigenvalue weighted by atomic mass is 10.2. The number of benzene rings is 1. The molecule has 0 aromatic heterocycles. The topological polar surface area (TPSA) is 61.4 Å². The first kappa shape index (κ1) is 16.0. The summed E-state index contributed by atoms with van der Waals surface area (Å²) in [6.07, 6.45) is 7.01. The second-order valence-corrected chi connectivity index (χ2v) is 6.73. The van der Waals surface area contributed by atoms with E-state index in [1.54, 1.807) is 18.2 Å². The minimum atomic E-state index is -0.0633. The zero-order valence-corrected chi connectivity index (χ0v) is 13.7. The summed E-state index contributed by atoms with van der Waals surface area (Å²) < 4.78 is 0. The van der Waals surface area contributed by atoms with E-state index in [1.807, 2.05) is 13.1 Å². The average molecular weight is 315 g/mol. The van der Waals surface area contributed by atoms with Crippen LogP contribution in [0.2, 0.25) is 0 Å². The smallest absolute Gasteiger partial charge is 0.251 e. The summed E-state index contributed by atoms with van der Waals surface area (Å²) in [4.78, 5) is 26.4. The van der Waals surface area contributed by atoms with E-state index in [0.29, 0.717) is 29.9 Å². The van der Waals surface area contributed by atoms with Crippen LogP contribution in [-0.2, 0) is 4.79 Å². The first-order chi connectivity index (χ1) is 11.1. The molecule has 2 N–H and O–H groups in total. The van der Waals surface area contributed by atoms with Gasteiger partial charge < -0.3 is 10.6 Å². The lowest BCUT2D eigenvalue weighted by molar-refractivity contribution is -0.117. The van der Waals surface area contributed by atoms with Crippen LogP contribution in [0.25, 0.3) is 0 Å². The Labute approximate surface area is 137 Å². The van der Waals surface area contributed by atoms with E-state index in [0.717, 1.165) is 12.8 Å². The highest BCUT2D eigenvalue weighted by Crippen LogP contribution is 2.22. The molecular weight excluding hydrogens is 290 g/mol. The Bertz CT molecular complexity index is 577. The highest BCUT2D eigenvalue weighted by Gasteiger charge is 2.24. The van der Waals surface area contributed by atoms with Gasteiger partial charge in [-0.15, -0.1) is 0 Å². The standard InChI is InChI=1S/C18H25N3O2/c1-21(16-7-2-3-8-16)12-17(22)19-15-6-4-5-13(11-15)18(23)20-14-9-10-14/h4-6,11,14,16H,2-3,7-10,12H2,1H3,(H,19,22)(H,20,23). The van der Waals surface area contributed by atoms with Crippen molar-refractivity contribution in [3.8, 4) is 0 Å². The highest BCUT2D eigenvalue weighted by atomic mass is 16.2. The van der Waals surface area contributed by atoms with E-state index in [9.17, 15) is 9.59 Å². The molecule has 0 saturated heterocycles. The van der Waals surface area contributed by atoms with Crippen molar-refractivity contribution in [1.82, 2.24) is 10.2 Å². The van der Waals surface area contributed by atoms with Crippen LogP contribution in [0.1, 0.15) is 48.9 Å². The Hall–Kier alpha value is -1.88. The fraction of sp³-hybridized carbons (Fsp3) is 0.556. The molecule has 2 saturated carbocycles. The largest absolute Gasteiger partial charge is 0.349 e. The van der Waals surface area contributed by atoms with Crippen LogP contribution in [0.4, 0.5) is 5.69 Å². The van der Waals surface area contributed by atoms with Crippen molar-refractivity contribution in [2.24, 2.45) is 0 Å². The minimum absolute atomic E-state index is 0.0286. The van der Waals surface area contributed by atoms with E-state index < -0.39 is 0 Å². The number of carbonyl (C=O) groups excluding carboxylic acids is 2. The van der Waals surface area contributed by atoms with Crippen molar-refractivity contribution in [2.45, 2.75) is 50.6 Å². The lowest BCUT2D eigenvalue weighted by Gasteiger charge is -2.23. The normalized spacial score (nSPS) is 18.2. The maximum atomic E-state index is 12.2. The van der Waals surface area contributed by atoms with Gasteiger partial charge in [-0.25, -0.2) is 0 Å². The molecule has 0 spiro atoms. The molecule has 5 heteroatoms. The molecule has 3 rings (SSSR count). The van der Waals surface area contributed by atoms with Gasteiger partial charge in [-0.2, -0.15) is 0 Å². The van der Waals surface area contributed by atoms with Crippen molar-refractivity contribution in [2.75, 3.05) is 18.9 Å². The summed E-state index contributed by atoms with van der Waals surface area (Å²) in [6, 6.07) is 8.00. The zero-order valence-electron chi connectivity index (χ0n) is 13.7. The number of likely N-dealkylation sites (N-methyl/N-ethyl adjacent to an activating group) is 1. The number of anilines is 1. The lowest BCUT2D eigenvalue weighted by Crippen LogP contribution is -2.36. The Morgan fingerprint density at radius 2 is 1.91 bits per heavy atom. The molecule has 124 valence electrons. The van der Waals surface area contributed by atoms with Crippen LogP contribution in [0.15, 0.2) is 24.3 Å². The van der Waals surface area contributed by atoms with Crippen molar-refractivity contribution in [1.29, 1.82) is 0 Å². The van der Waals surface area contributed by atoms with Gasteiger partial charge in [0.2, 0.25) is 5.91 Å². The molecule has 1 aromatic rings. The molecular formula is C18H25N3O2. The first-order valence-electron chi connectivity index (χ1n) is 8.53. The van der Waals surface area contributed by atoms with Crippen LogP contribution in [-0.4, -0.2) is 42.4 Å². The molecule has 0 bridgehead atoms. The summed E-state index contributed by atoms with van der Waals surface area (Å²) in [7, 11) is 2.01. The molecule has 1 aromatic carbocycles.